The number of rotatable bonds is 5. The summed E-state index contributed by atoms with van der Waals surface area (Å²) in [7, 11) is 0. The average molecular weight is 413 g/mol. The van der Waals surface area contributed by atoms with Gasteiger partial charge in [-0.15, -0.1) is 0 Å². The maximum Gasteiger partial charge on any atom is 0.190 e. The Morgan fingerprint density at radius 3 is 2.48 bits per heavy atom. The molecule has 5 nitrogen and oxygen atoms in total. The van der Waals surface area contributed by atoms with E-state index in [0.29, 0.717) is 40.7 Å². The molecule has 2 atom stereocenters. The Hall–Kier alpha value is -2.47. The Morgan fingerprint density at radius 2 is 1.76 bits per heavy atom. The van der Waals surface area contributed by atoms with Gasteiger partial charge in [-0.25, -0.2) is 0 Å². The van der Waals surface area contributed by atoms with Gasteiger partial charge >= 0.3 is 0 Å². The van der Waals surface area contributed by atoms with Gasteiger partial charge in [0, 0.05) is 27.1 Å². The van der Waals surface area contributed by atoms with Gasteiger partial charge in [0.1, 0.15) is 18.5 Å². The molecule has 0 aromatic heterocycles. The Kier molecular flexibility index (Phi) is 5.30. The Balaban J connectivity index is 1.45. The molecule has 0 amide bonds. The van der Waals surface area contributed by atoms with Crippen molar-refractivity contribution in [3.05, 3.63) is 76.3 Å². The number of carbonyl (C=O) groups is 2. The van der Waals surface area contributed by atoms with Crippen LogP contribution >= 0.6 is 11.6 Å². The summed E-state index contributed by atoms with van der Waals surface area (Å²) in [6.45, 7) is 4.35. The lowest BCUT2D eigenvalue weighted by Crippen LogP contribution is -2.38. The lowest BCUT2D eigenvalue weighted by molar-refractivity contribution is -0.120. The number of Topliss-reactive ketones (excluding diaryl/α,β-unsaturated/α-hetero) is 1. The van der Waals surface area contributed by atoms with E-state index in [2.05, 4.69) is 0 Å². The summed E-state index contributed by atoms with van der Waals surface area (Å²) >= 11 is 5.88. The number of benzene rings is 2. The van der Waals surface area contributed by atoms with Crippen LogP contribution in [0.25, 0.3) is 0 Å². The van der Waals surface area contributed by atoms with Gasteiger partial charge in [-0.2, -0.15) is 0 Å². The maximum atomic E-state index is 13.0. The van der Waals surface area contributed by atoms with Crippen molar-refractivity contribution in [2.24, 2.45) is 5.41 Å². The van der Waals surface area contributed by atoms with Crippen molar-refractivity contribution in [3.63, 3.8) is 0 Å². The molecule has 4 rings (SSSR count). The van der Waals surface area contributed by atoms with Gasteiger partial charge in [-0.1, -0.05) is 49.7 Å². The van der Waals surface area contributed by atoms with Crippen molar-refractivity contribution in [1.29, 1.82) is 0 Å². The van der Waals surface area contributed by atoms with E-state index in [0.717, 1.165) is 0 Å². The number of carbonyl (C=O) groups excluding carboxylic acids is 2. The number of ketones is 2. The van der Waals surface area contributed by atoms with Crippen LogP contribution in [0.5, 0.6) is 5.75 Å². The molecule has 1 heterocycles. The normalized spacial score (nSPS) is 21.7. The molecule has 2 aromatic rings. The second-order valence-corrected chi connectivity index (χ2v) is 8.14. The molecule has 1 aliphatic heterocycles. The van der Waals surface area contributed by atoms with Crippen LogP contribution in [0, 0.1) is 5.41 Å². The van der Waals surface area contributed by atoms with Crippen molar-refractivity contribution >= 4 is 23.2 Å². The van der Waals surface area contributed by atoms with Crippen molar-refractivity contribution in [1.82, 2.24) is 0 Å². The van der Waals surface area contributed by atoms with Gasteiger partial charge < -0.3 is 14.2 Å². The van der Waals surface area contributed by atoms with Gasteiger partial charge in [0.2, 0.25) is 0 Å². The van der Waals surface area contributed by atoms with Crippen LogP contribution in [-0.4, -0.2) is 37.2 Å². The first kappa shape index (κ1) is 19.8. The van der Waals surface area contributed by atoms with E-state index in [1.807, 2.05) is 13.8 Å². The van der Waals surface area contributed by atoms with Gasteiger partial charge in [0.05, 0.1) is 6.61 Å². The van der Waals surface area contributed by atoms with Crippen LogP contribution in [0.3, 0.4) is 0 Å². The summed E-state index contributed by atoms with van der Waals surface area (Å²) in [5, 5.41) is 0.640. The zero-order valence-electron chi connectivity index (χ0n) is 16.2. The SMILES string of the molecule is CC(C)(C1=CC(=O)c2ccccc2C1=O)[C@@H]1OC[C@H](COc2ccc(Cl)cc2)O1. The summed E-state index contributed by atoms with van der Waals surface area (Å²) in [5.74, 6) is 0.343. The highest BCUT2D eigenvalue weighted by Gasteiger charge is 2.45. The highest BCUT2D eigenvalue weighted by atomic mass is 35.5. The highest BCUT2D eigenvalue weighted by Crippen LogP contribution is 2.40. The molecular formula is C23H21ClO5. The standard InChI is InChI=1S/C23H21ClO5/c1-23(2,19-11-20(25)17-5-3-4-6-18(17)21(19)26)22-28-13-16(29-22)12-27-15-9-7-14(24)8-10-15/h3-11,16,22H,12-13H2,1-2H3/t16-,22+/m0/s1. The fourth-order valence-electron chi connectivity index (χ4n) is 3.55. The second-order valence-electron chi connectivity index (χ2n) is 7.71. The molecule has 1 saturated heterocycles. The minimum absolute atomic E-state index is 0.168. The quantitative estimate of drug-likeness (QED) is 0.724. The van der Waals surface area contributed by atoms with Crippen LogP contribution in [0.4, 0.5) is 0 Å². The third-order valence-corrected chi connectivity index (χ3v) is 5.49. The van der Waals surface area contributed by atoms with Crippen molar-refractivity contribution in [2.75, 3.05) is 13.2 Å². The number of fused-ring (bicyclic) bond motifs is 1. The molecule has 6 heteroatoms. The monoisotopic (exact) mass is 412 g/mol. The molecule has 1 fully saturated rings. The number of ether oxygens (including phenoxy) is 3. The lowest BCUT2D eigenvalue weighted by Gasteiger charge is -2.33. The summed E-state index contributed by atoms with van der Waals surface area (Å²) in [5.41, 5.74) is 0.448. The Labute approximate surface area is 174 Å². The van der Waals surface area contributed by atoms with E-state index in [4.69, 9.17) is 25.8 Å². The van der Waals surface area contributed by atoms with Crippen LogP contribution in [-0.2, 0) is 9.47 Å². The predicted octanol–water partition coefficient (Wildman–Crippen LogP) is 4.49. The van der Waals surface area contributed by atoms with E-state index in [1.54, 1.807) is 48.5 Å². The lowest BCUT2D eigenvalue weighted by atomic mass is 9.75. The molecule has 0 unspecified atom stereocenters. The van der Waals surface area contributed by atoms with Gasteiger partial charge in [-0.3, -0.25) is 9.59 Å². The first-order valence-corrected chi connectivity index (χ1v) is 9.80. The summed E-state index contributed by atoms with van der Waals surface area (Å²) in [6, 6.07) is 13.9. The number of hydrogen-bond donors (Lipinski definition) is 0. The van der Waals surface area contributed by atoms with Crippen LogP contribution in [0.15, 0.2) is 60.2 Å². The summed E-state index contributed by atoms with van der Waals surface area (Å²) in [6.07, 6.45) is 0.473. The third kappa shape index (κ3) is 3.86. The van der Waals surface area contributed by atoms with Crippen LogP contribution in [0.1, 0.15) is 34.6 Å². The van der Waals surface area contributed by atoms with E-state index < -0.39 is 11.7 Å². The average Bonchev–Trinajstić information content (AvgIpc) is 3.20. The first-order chi connectivity index (χ1) is 13.9. The third-order valence-electron chi connectivity index (χ3n) is 5.24. The molecule has 0 saturated carbocycles. The van der Waals surface area contributed by atoms with Crippen molar-refractivity contribution < 1.29 is 23.8 Å². The van der Waals surface area contributed by atoms with Gasteiger partial charge in [-0.05, 0) is 30.3 Å². The molecule has 0 N–H and O–H groups in total. The van der Waals surface area contributed by atoms with Crippen LogP contribution in [0.2, 0.25) is 5.02 Å². The minimum atomic E-state index is -0.796. The molecule has 0 bridgehead atoms. The van der Waals surface area contributed by atoms with Crippen molar-refractivity contribution in [3.8, 4) is 5.75 Å². The van der Waals surface area contributed by atoms with E-state index in [9.17, 15) is 9.59 Å². The predicted molar refractivity (Wildman–Crippen MR) is 109 cm³/mol. The number of allylic oxidation sites excluding steroid dienone is 1. The van der Waals surface area contributed by atoms with E-state index in [1.165, 1.54) is 6.08 Å². The molecule has 2 aromatic carbocycles. The molecular weight excluding hydrogens is 392 g/mol. The Bertz CT molecular complexity index is 977. The summed E-state index contributed by atoms with van der Waals surface area (Å²) in [4.78, 5) is 25.5. The molecule has 150 valence electrons. The fourth-order valence-corrected chi connectivity index (χ4v) is 3.68. The maximum absolute atomic E-state index is 13.0. The molecule has 0 radical (unpaired) electrons. The second kappa shape index (κ2) is 7.75. The van der Waals surface area contributed by atoms with Crippen LogP contribution < -0.4 is 4.74 Å². The smallest absolute Gasteiger partial charge is 0.190 e. The summed E-state index contributed by atoms with van der Waals surface area (Å²) < 4.78 is 17.6. The van der Waals surface area contributed by atoms with Gasteiger partial charge in [0.25, 0.3) is 0 Å². The molecule has 29 heavy (non-hydrogen) atoms. The molecule has 1 aliphatic carbocycles. The number of hydrogen-bond acceptors (Lipinski definition) is 5. The number of halogens is 1. The molecule has 2 aliphatic rings. The topological polar surface area (TPSA) is 61.8 Å². The van der Waals surface area contributed by atoms with E-state index >= 15 is 0 Å². The Morgan fingerprint density at radius 1 is 1.07 bits per heavy atom. The van der Waals surface area contributed by atoms with Gasteiger partial charge in [0.15, 0.2) is 17.9 Å². The fraction of sp³-hybridized carbons (Fsp3) is 0.304. The minimum Gasteiger partial charge on any atom is -0.491 e. The largest absolute Gasteiger partial charge is 0.491 e. The zero-order valence-corrected chi connectivity index (χ0v) is 16.9. The first-order valence-electron chi connectivity index (χ1n) is 9.42. The van der Waals surface area contributed by atoms with E-state index in [-0.39, 0.29) is 17.7 Å². The molecule has 0 spiro atoms. The highest BCUT2D eigenvalue weighted by molar-refractivity contribution is 6.30. The van der Waals surface area contributed by atoms with Crippen molar-refractivity contribution in [2.45, 2.75) is 26.2 Å². The zero-order chi connectivity index (χ0) is 20.6.